The predicted molar refractivity (Wildman–Crippen MR) is 71.3 cm³/mol. The van der Waals surface area contributed by atoms with E-state index >= 15 is 0 Å². The Balaban J connectivity index is 1.70. The van der Waals surface area contributed by atoms with Crippen LogP contribution in [-0.4, -0.2) is 37.9 Å². The summed E-state index contributed by atoms with van der Waals surface area (Å²) < 4.78 is 5.54. The molecule has 0 amide bonds. The Morgan fingerprint density at radius 2 is 2.12 bits per heavy atom. The van der Waals surface area contributed by atoms with Crippen molar-refractivity contribution in [3.8, 4) is 0 Å². The molecule has 1 saturated heterocycles. The second-order valence-electron chi connectivity index (χ2n) is 5.76. The second kappa shape index (κ2) is 6.72. The van der Waals surface area contributed by atoms with Gasteiger partial charge in [0.1, 0.15) is 0 Å². The van der Waals surface area contributed by atoms with Gasteiger partial charge in [-0.15, -0.1) is 0 Å². The molecular formula is C14H28N2O. The molecule has 1 heterocycles. The molecule has 2 aliphatic rings. The van der Waals surface area contributed by atoms with E-state index < -0.39 is 0 Å². The first-order valence-corrected chi connectivity index (χ1v) is 7.32. The number of ether oxygens (including phenoxy) is 1. The average Bonchev–Trinajstić information content (AvgIpc) is 2.77. The summed E-state index contributed by atoms with van der Waals surface area (Å²) in [6.07, 6.45) is 9.61. The van der Waals surface area contributed by atoms with Crippen molar-refractivity contribution in [3.05, 3.63) is 0 Å². The topological polar surface area (TPSA) is 33.3 Å². The van der Waals surface area contributed by atoms with E-state index in [9.17, 15) is 0 Å². The molecule has 1 aliphatic heterocycles. The summed E-state index contributed by atoms with van der Waals surface area (Å²) in [6, 6.07) is 1.92. The molecule has 4 unspecified atom stereocenters. The Bertz CT molecular complexity index is 216. The summed E-state index contributed by atoms with van der Waals surface area (Å²) in [5.74, 6) is 0. The van der Waals surface area contributed by atoms with E-state index in [1.54, 1.807) is 0 Å². The van der Waals surface area contributed by atoms with Crippen molar-refractivity contribution in [1.82, 2.24) is 10.6 Å². The Labute approximate surface area is 106 Å². The standard InChI is InChI=1S/C14H28N2O/c1-11(10-12-6-3-4-9-15-12)16-13-7-5-8-14(13)17-2/h11-16H,3-10H2,1-2H3. The van der Waals surface area contributed by atoms with Gasteiger partial charge in [0.2, 0.25) is 0 Å². The van der Waals surface area contributed by atoms with E-state index in [2.05, 4.69) is 17.6 Å². The molecule has 2 fully saturated rings. The normalized spacial score (nSPS) is 36.0. The van der Waals surface area contributed by atoms with E-state index in [1.165, 1.54) is 51.5 Å². The fraction of sp³-hybridized carbons (Fsp3) is 1.00. The highest BCUT2D eigenvalue weighted by atomic mass is 16.5. The highest BCUT2D eigenvalue weighted by Gasteiger charge is 2.28. The van der Waals surface area contributed by atoms with Crippen molar-refractivity contribution in [3.63, 3.8) is 0 Å². The molecule has 0 aromatic carbocycles. The van der Waals surface area contributed by atoms with Gasteiger partial charge in [-0.1, -0.05) is 6.42 Å². The second-order valence-corrected chi connectivity index (χ2v) is 5.76. The molecule has 4 atom stereocenters. The van der Waals surface area contributed by atoms with Gasteiger partial charge in [-0.25, -0.2) is 0 Å². The van der Waals surface area contributed by atoms with Crippen LogP contribution in [0.2, 0.25) is 0 Å². The lowest BCUT2D eigenvalue weighted by atomic mass is 9.98. The van der Waals surface area contributed by atoms with E-state index in [1.807, 2.05) is 7.11 Å². The molecule has 2 N–H and O–H groups in total. The maximum absolute atomic E-state index is 5.54. The summed E-state index contributed by atoms with van der Waals surface area (Å²) >= 11 is 0. The van der Waals surface area contributed by atoms with E-state index in [4.69, 9.17) is 4.74 Å². The third kappa shape index (κ3) is 3.94. The zero-order valence-corrected chi connectivity index (χ0v) is 11.4. The van der Waals surface area contributed by atoms with E-state index in [0.29, 0.717) is 18.2 Å². The van der Waals surface area contributed by atoms with Crippen LogP contribution in [0.25, 0.3) is 0 Å². The third-order valence-corrected chi connectivity index (χ3v) is 4.30. The maximum atomic E-state index is 5.54. The Kier molecular flexibility index (Phi) is 5.26. The monoisotopic (exact) mass is 240 g/mol. The Morgan fingerprint density at radius 3 is 2.82 bits per heavy atom. The van der Waals surface area contributed by atoms with Crippen LogP contribution in [0.15, 0.2) is 0 Å². The van der Waals surface area contributed by atoms with Crippen LogP contribution in [0, 0.1) is 0 Å². The fourth-order valence-corrected chi connectivity index (χ4v) is 3.38. The minimum atomic E-state index is 0.441. The average molecular weight is 240 g/mol. The molecule has 17 heavy (non-hydrogen) atoms. The van der Waals surface area contributed by atoms with Gasteiger partial charge in [0, 0.05) is 25.2 Å². The molecule has 1 saturated carbocycles. The van der Waals surface area contributed by atoms with Crippen molar-refractivity contribution >= 4 is 0 Å². The molecule has 0 bridgehead atoms. The number of piperidine rings is 1. The third-order valence-electron chi connectivity index (χ3n) is 4.30. The van der Waals surface area contributed by atoms with Gasteiger partial charge in [0.05, 0.1) is 6.10 Å². The highest BCUT2D eigenvalue weighted by molar-refractivity contribution is 4.87. The lowest BCUT2D eigenvalue weighted by Gasteiger charge is -2.29. The molecule has 0 radical (unpaired) electrons. The molecule has 3 nitrogen and oxygen atoms in total. The van der Waals surface area contributed by atoms with Crippen LogP contribution < -0.4 is 10.6 Å². The Hall–Kier alpha value is -0.120. The number of hydrogen-bond acceptors (Lipinski definition) is 3. The molecule has 100 valence electrons. The van der Waals surface area contributed by atoms with Crippen LogP contribution in [-0.2, 0) is 4.74 Å². The zero-order valence-electron chi connectivity index (χ0n) is 11.4. The van der Waals surface area contributed by atoms with Crippen molar-refractivity contribution in [1.29, 1.82) is 0 Å². The van der Waals surface area contributed by atoms with Crippen LogP contribution in [0.1, 0.15) is 51.9 Å². The van der Waals surface area contributed by atoms with Gasteiger partial charge >= 0.3 is 0 Å². The summed E-state index contributed by atoms with van der Waals surface area (Å²) in [5.41, 5.74) is 0. The minimum absolute atomic E-state index is 0.441. The first kappa shape index (κ1) is 13.3. The molecule has 1 aliphatic carbocycles. The molecule has 2 rings (SSSR count). The van der Waals surface area contributed by atoms with Gasteiger partial charge < -0.3 is 15.4 Å². The van der Waals surface area contributed by atoms with Gasteiger partial charge in [-0.2, -0.15) is 0 Å². The van der Waals surface area contributed by atoms with Crippen LogP contribution in [0.4, 0.5) is 0 Å². The highest BCUT2D eigenvalue weighted by Crippen LogP contribution is 2.22. The number of methoxy groups -OCH3 is 1. The first-order valence-electron chi connectivity index (χ1n) is 7.32. The Morgan fingerprint density at radius 1 is 1.24 bits per heavy atom. The summed E-state index contributed by atoms with van der Waals surface area (Å²) in [5, 5.41) is 7.39. The fourth-order valence-electron chi connectivity index (χ4n) is 3.38. The quantitative estimate of drug-likeness (QED) is 0.772. The summed E-state index contributed by atoms with van der Waals surface area (Å²) in [4.78, 5) is 0. The van der Waals surface area contributed by atoms with Crippen LogP contribution in [0.3, 0.4) is 0 Å². The van der Waals surface area contributed by atoms with Gasteiger partial charge in [0.25, 0.3) is 0 Å². The predicted octanol–water partition coefficient (Wildman–Crippen LogP) is 2.06. The molecular weight excluding hydrogens is 212 g/mol. The minimum Gasteiger partial charge on any atom is -0.380 e. The molecule has 0 aromatic rings. The van der Waals surface area contributed by atoms with Crippen LogP contribution in [0.5, 0.6) is 0 Å². The van der Waals surface area contributed by atoms with Crippen molar-refractivity contribution in [2.75, 3.05) is 13.7 Å². The van der Waals surface area contributed by atoms with Gasteiger partial charge in [0.15, 0.2) is 0 Å². The van der Waals surface area contributed by atoms with E-state index in [0.717, 1.165) is 6.04 Å². The molecule has 0 spiro atoms. The van der Waals surface area contributed by atoms with Crippen molar-refractivity contribution < 1.29 is 4.74 Å². The van der Waals surface area contributed by atoms with E-state index in [-0.39, 0.29) is 0 Å². The summed E-state index contributed by atoms with van der Waals surface area (Å²) in [6.45, 7) is 3.53. The SMILES string of the molecule is COC1CCCC1NC(C)CC1CCCCN1. The molecule has 0 aromatic heterocycles. The first-order chi connectivity index (χ1) is 8.29. The lowest BCUT2D eigenvalue weighted by Crippen LogP contribution is -2.45. The summed E-state index contributed by atoms with van der Waals surface area (Å²) in [7, 11) is 1.85. The molecule has 3 heteroatoms. The number of rotatable bonds is 5. The zero-order chi connectivity index (χ0) is 12.1. The van der Waals surface area contributed by atoms with Crippen molar-refractivity contribution in [2.45, 2.75) is 76.1 Å². The van der Waals surface area contributed by atoms with Gasteiger partial charge in [-0.05, 0) is 52.0 Å². The largest absolute Gasteiger partial charge is 0.380 e. The number of nitrogens with one attached hydrogen (secondary N) is 2. The number of hydrogen-bond donors (Lipinski definition) is 2. The van der Waals surface area contributed by atoms with Gasteiger partial charge in [-0.3, -0.25) is 0 Å². The van der Waals surface area contributed by atoms with Crippen LogP contribution >= 0.6 is 0 Å². The lowest BCUT2D eigenvalue weighted by molar-refractivity contribution is 0.0808. The maximum Gasteiger partial charge on any atom is 0.0724 e. The van der Waals surface area contributed by atoms with Crippen molar-refractivity contribution in [2.24, 2.45) is 0 Å². The smallest absolute Gasteiger partial charge is 0.0724 e.